The van der Waals surface area contributed by atoms with Crippen LogP contribution < -0.4 is 10.1 Å². The summed E-state index contributed by atoms with van der Waals surface area (Å²) in [5.41, 5.74) is 2.77. The van der Waals surface area contributed by atoms with Gasteiger partial charge < -0.3 is 10.1 Å². The van der Waals surface area contributed by atoms with Gasteiger partial charge in [0.05, 0.1) is 7.11 Å². The maximum Gasteiger partial charge on any atom is 0.122 e. The highest BCUT2D eigenvalue weighted by Gasteiger charge is 2.23. The Morgan fingerprint density at radius 3 is 2.65 bits per heavy atom. The number of rotatable bonds is 3. The zero-order valence-corrected chi connectivity index (χ0v) is 11.3. The van der Waals surface area contributed by atoms with Gasteiger partial charge in [-0.3, -0.25) is 0 Å². The average molecular weight is 233 g/mol. The summed E-state index contributed by atoms with van der Waals surface area (Å²) in [5, 5.41) is 3.51. The molecule has 2 nitrogen and oxygen atoms in total. The molecule has 94 valence electrons. The van der Waals surface area contributed by atoms with Crippen LogP contribution in [-0.4, -0.2) is 19.7 Å². The van der Waals surface area contributed by atoms with E-state index in [-0.39, 0.29) is 0 Å². The first-order valence-electron chi connectivity index (χ1n) is 6.53. The molecule has 1 fully saturated rings. The maximum absolute atomic E-state index is 5.43. The molecule has 1 saturated heterocycles. The number of methoxy groups -OCH3 is 1. The highest BCUT2D eigenvalue weighted by Crippen LogP contribution is 2.32. The molecule has 0 spiro atoms. The Balaban J connectivity index is 2.27. The molecule has 2 atom stereocenters. The number of hydrogen-bond acceptors (Lipinski definition) is 2. The van der Waals surface area contributed by atoms with E-state index < -0.39 is 0 Å². The highest BCUT2D eigenvalue weighted by molar-refractivity contribution is 5.40. The van der Waals surface area contributed by atoms with E-state index in [9.17, 15) is 0 Å². The van der Waals surface area contributed by atoms with Crippen molar-refractivity contribution in [2.75, 3.05) is 13.7 Å². The van der Waals surface area contributed by atoms with Crippen molar-refractivity contribution in [1.82, 2.24) is 5.32 Å². The molecule has 1 aromatic rings. The summed E-state index contributed by atoms with van der Waals surface area (Å²) in [4.78, 5) is 0. The lowest BCUT2D eigenvalue weighted by molar-refractivity contribution is 0.407. The van der Waals surface area contributed by atoms with Crippen LogP contribution in [0, 0.1) is 0 Å². The third-order valence-electron chi connectivity index (χ3n) is 3.70. The lowest BCUT2D eigenvalue weighted by atomic mass is 9.92. The van der Waals surface area contributed by atoms with Crippen LogP contribution in [0.2, 0.25) is 0 Å². The summed E-state index contributed by atoms with van der Waals surface area (Å²) in [6, 6.07) is 7.31. The minimum atomic E-state index is 0.511. The molecule has 1 heterocycles. The van der Waals surface area contributed by atoms with E-state index in [1.165, 1.54) is 17.5 Å². The van der Waals surface area contributed by atoms with Crippen molar-refractivity contribution in [2.45, 2.75) is 45.1 Å². The molecule has 0 radical (unpaired) electrons. The van der Waals surface area contributed by atoms with Gasteiger partial charge in [0, 0.05) is 12.6 Å². The molecule has 0 amide bonds. The SMILES string of the molecule is COc1ccc(C2CNC(C)C2)cc1C(C)C. The molecule has 0 aliphatic carbocycles. The van der Waals surface area contributed by atoms with Gasteiger partial charge >= 0.3 is 0 Å². The first kappa shape index (κ1) is 12.4. The molecule has 2 heteroatoms. The van der Waals surface area contributed by atoms with E-state index in [1.54, 1.807) is 7.11 Å². The zero-order chi connectivity index (χ0) is 12.4. The normalized spacial score (nSPS) is 24.3. The van der Waals surface area contributed by atoms with Gasteiger partial charge in [0.25, 0.3) is 0 Å². The van der Waals surface area contributed by atoms with Crippen LogP contribution in [0.1, 0.15) is 50.2 Å². The van der Waals surface area contributed by atoms with Crippen LogP contribution >= 0.6 is 0 Å². The van der Waals surface area contributed by atoms with Gasteiger partial charge in [0.2, 0.25) is 0 Å². The Morgan fingerprint density at radius 1 is 1.35 bits per heavy atom. The fourth-order valence-corrected chi connectivity index (χ4v) is 2.65. The van der Waals surface area contributed by atoms with Crippen LogP contribution in [0.5, 0.6) is 5.75 Å². The summed E-state index contributed by atoms with van der Waals surface area (Å²) in [5.74, 6) is 2.19. The highest BCUT2D eigenvalue weighted by atomic mass is 16.5. The number of ether oxygens (including phenoxy) is 1. The Hall–Kier alpha value is -1.02. The van der Waals surface area contributed by atoms with Crippen LogP contribution in [0.4, 0.5) is 0 Å². The molecule has 17 heavy (non-hydrogen) atoms. The maximum atomic E-state index is 5.43. The standard InChI is InChI=1S/C15H23NO/c1-10(2)14-8-12(5-6-15(14)17-4)13-7-11(3)16-9-13/h5-6,8,10-11,13,16H,7,9H2,1-4H3. The largest absolute Gasteiger partial charge is 0.496 e. The lowest BCUT2D eigenvalue weighted by Gasteiger charge is -2.16. The van der Waals surface area contributed by atoms with E-state index in [4.69, 9.17) is 4.74 Å². The quantitative estimate of drug-likeness (QED) is 0.865. The van der Waals surface area contributed by atoms with Crippen LogP contribution in [-0.2, 0) is 0 Å². The lowest BCUT2D eigenvalue weighted by Crippen LogP contribution is -2.16. The van der Waals surface area contributed by atoms with Gasteiger partial charge in [-0.2, -0.15) is 0 Å². The molecule has 2 rings (SSSR count). The molecule has 1 aliphatic heterocycles. The van der Waals surface area contributed by atoms with E-state index in [0.717, 1.165) is 12.3 Å². The third kappa shape index (κ3) is 2.63. The van der Waals surface area contributed by atoms with Gasteiger partial charge in [-0.25, -0.2) is 0 Å². The Labute approximate surface area is 104 Å². The van der Waals surface area contributed by atoms with Crippen molar-refractivity contribution >= 4 is 0 Å². The summed E-state index contributed by atoms with van der Waals surface area (Å²) in [6.07, 6.45) is 1.24. The molecule has 1 N–H and O–H groups in total. The minimum Gasteiger partial charge on any atom is -0.496 e. The third-order valence-corrected chi connectivity index (χ3v) is 3.70. The zero-order valence-electron chi connectivity index (χ0n) is 11.3. The van der Waals surface area contributed by atoms with Gasteiger partial charge in [0.15, 0.2) is 0 Å². The van der Waals surface area contributed by atoms with E-state index in [2.05, 4.69) is 44.3 Å². The van der Waals surface area contributed by atoms with Crippen molar-refractivity contribution in [3.8, 4) is 5.75 Å². The molecule has 0 saturated carbocycles. The topological polar surface area (TPSA) is 21.3 Å². The van der Waals surface area contributed by atoms with E-state index >= 15 is 0 Å². The van der Waals surface area contributed by atoms with Crippen molar-refractivity contribution in [3.05, 3.63) is 29.3 Å². The summed E-state index contributed by atoms with van der Waals surface area (Å²) in [6.45, 7) is 7.80. The molecule has 2 unspecified atom stereocenters. The molecule has 1 aromatic carbocycles. The fraction of sp³-hybridized carbons (Fsp3) is 0.600. The molecule has 0 aromatic heterocycles. The Morgan fingerprint density at radius 2 is 2.12 bits per heavy atom. The minimum absolute atomic E-state index is 0.511. The monoisotopic (exact) mass is 233 g/mol. The Kier molecular flexibility index (Phi) is 3.72. The van der Waals surface area contributed by atoms with E-state index in [0.29, 0.717) is 17.9 Å². The van der Waals surface area contributed by atoms with Crippen molar-refractivity contribution < 1.29 is 4.74 Å². The Bertz CT molecular complexity index is 387. The number of nitrogens with one attached hydrogen (secondary N) is 1. The van der Waals surface area contributed by atoms with Crippen LogP contribution in [0.15, 0.2) is 18.2 Å². The fourth-order valence-electron chi connectivity index (χ4n) is 2.65. The second kappa shape index (κ2) is 5.09. The molecular formula is C15H23NO. The average Bonchev–Trinajstić information content (AvgIpc) is 2.75. The van der Waals surface area contributed by atoms with Gasteiger partial charge in [-0.1, -0.05) is 26.0 Å². The van der Waals surface area contributed by atoms with E-state index in [1.807, 2.05) is 0 Å². The van der Waals surface area contributed by atoms with Crippen LogP contribution in [0.25, 0.3) is 0 Å². The predicted molar refractivity (Wildman–Crippen MR) is 71.9 cm³/mol. The van der Waals surface area contributed by atoms with Crippen LogP contribution in [0.3, 0.4) is 0 Å². The molecular weight excluding hydrogens is 210 g/mol. The van der Waals surface area contributed by atoms with Crippen molar-refractivity contribution in [3.63, 3.8) is 0 Å². The second-order valence-corrected chi connectivity index (χ2v) is 5.40. The summed E-state index contributed by atoms with van der Waals surface area (Å²) in [7, 11) is 1.75. The summed E-state index contributed by atoms with van der Waals surface area (Å²) >= 11 is 0. The molecule has 0 bridgehead atoms. The predicted octanol–water partition coefficient (Wildman–Crippen LogP) is 3.28. The molecule has 1 aliphatic rings. The number of hydrogen-bond donors (Lipinski definition) is 1. The first-order valence-corrected chi connectivity index (χ1v) is 6.53. The smallest absolute Gasteiger partial charge is 0.122 e. The second-order valence-electron chi connectivity index (χ2n) is 5.40. The van der Waals surface area contributed by atoms with Gasteiger partial charge in [-0.15, -0.1) is 0 Å². The number of benzene rings is 1. The van der Waals surface area contributed by atoms with Gasteiger partial charge in [-0.05, 0) is 42.4 Å². The van der Waals surface area contributed by atoms with Crippen molar-refractivity contribution in [2.24, 2.45) is 0 Å². The summed E-state index contributed by atoms with van der Waals surface area (Å²) < 4.78 is 5.43. The van der Waals surface area contributed by atoms with Crippen molar-refractivity contribution in [1.29, 1.82) is 0 Å². The van der Waals surface area contributed by atoms with Gasteiger partial charge in [0.1, 0.15) is 5.75 Å². The first-order chi connectivity index (χ1) is 8.11.